The zero-order valence-corrected chi connectivity index (χ0v) is 11.8. The second-order valence-electron chi connectivity index (χ2n) is 4.26. The van der Waals surface area contributed by atoms with Crippen LogP contribution in [0.2, 0.25) is 0 Å². The van der Waals surface area contributed by atoms with Crippen LogP contribution in [0.3, 0.4) is 0 Å². The number of nitrogens with one attached hydrogen (secondary N) is 1. The van der Waals surface area contributed by atoms with Crippen LogP contribution in [0.4, 0.5) is 5.82 Å². The lowest BCUT2D eigenvalue weighted by Gasteiger charge is -2.20. The number of halogens is 1. The predicted octanol–water partition coefficient (Wildman–Crippen LogP) is 1.85. The van der Waals surface area contributed by atoms with Crippen LogP contribution in [0, 0.1) is 0 Å². The highest BCUT2D eigenvalue weighted by atomic mass is 79.9. The third-order valence-corrected chi connectivity index (χ3v) is 3.17. The molecule has 1 unspecified atom stereocenters. The topological polar surface area (TPSA) is 45.5 Å². The second-order valence-corrected chi connectivity index (χ2v) is 5.08. The number of likely N-dealkylation sites (N-methyl/N-ethyl adjacent to an activating group) is 1. The molecular weight excluding hydrogens is 282 g/mol. The van der Waals surface area contributed by atoms with Crippen molar-refractivity contribution in [2.75, 3.05) is 26.0 Å². The molecule has 0 aromatic carbocycles. The summed E-state index contributed by atoms with van der Waals surface area (Å²) in [4.78, 5) is 10.9. The normalized spacial score (nSPS) is 13.2. The van der Waals surface area contributed by atoms with E-state index in [1.807, 2.05) is 16.8 Å². The first-order valence-corrected chi connectivity index (χ1v) is 6.26. The standard InChI is InChI=1S/C11H16BrN5/c1-8(16(2)3)6-14-10-11-13-4-5-17(11)7-9(12)15-10/h4-5,7-8H,6H2,1-3H3,(H,14,15). The Bertz CT molecular complexity index is 508. The Balaban J connectivity index is 2.20. The van der Waals surface area contributed by atoms with Crippen molar-refractivity contribution in [3.05, 3.63) is 23.2 Å². The minimum Gasteiger partial charge on any atom is -0.365 e. The van der Waals surface area contributed by atoms with Crippen molar-refractivity contribution >= 4 is 27.4 Å². The Kier molecular flexibility index (Phi) is 3.63. The number of hydrogen-bond acceptors (Lipinski definition) is 4. The van der Waals surface area contributed by atoms with Gasteiger partial charge >= 0.3 is 0 Å². The van der Waals surface area contributed by atoms with Gasteiger partial charge < -0.3 is 14.6 Å². The van der Waals surface area contributed by atoms with Gasteiger partial charge in [-0.25, -0.2) is 9.97 Å². The van der Waals surface area contributed by atoms with Crippen molar-refractivity contribution in [3.63, 3.8) is 0 Å². The van der Waals surface area contributed by atoms with Crippen LogP contribution in [-0.4, -0.2) is 46.0 Å². The molecule has 2 rings (SSSR count). The zero-order chi connectivity index (χ0) is 12.4. The molecule has 0 spiro atoms. The smallest absolute Gasteiger partial charge is 0.180 e. The Labute approximate surface area is 109 Å². The van der Waals surface area contributed by atoms with Gasteiger partial charge in [0, 0.05) is 31.2 Å². The summed E-state index contributed by atoms with van der Waals surface area (Å²) in [6, 6.07) is 0.436. The molecule has 0 aliphatic carbocycles. The van der Waals surface area contributed by atoms with Crippen LogP contribution in [0.1, 0.15) is 6.92 Å². The van der Waals surface area contributed by atoms with Crippen molar-refractivity contribution < 1.29 is 0 Å². The maximum atomic E-state index is 4.41. The molecule has 92 valence electrons. The van der Waals surface area contributed by atoms with Gasteiger partial charge in [0.25, 0.3) is 0 Å². The van der Waals surface area contributed by atoms with Gasteiger partial charge in [-0.1, -0.05) is 0 Å². The van der Waals surface area contributed by atoms with Gasteiger partial charge in [0.05, 0.1) is 0 Å². The Morgan fingerprint density at radius 3 is 3.00 bits per heavy atom. The molecule has 0 fully saturated rings. The highest BCUT2D eigenvalue weighted by molar-refractivity contribution is 9.10. The van der Waals surface area contributed by atoms with E-state index >= 15 is 0 Å². The Morgan fingerprint density at radius 1 is 1.53 bits per heavy atom. The number of fused-ring (bicyclic) bond motifs is 1. The first-order chi connectivity index (χ1) is 8.08. The van der Waals surface area contributed by atoms with Crippen LogP contribution in [0.25, 0.3) is 5.65 Å². The molecule has 5 nitrogen and oxygen atoms in total. The van der Waals surface area contributed by atoms with Crippen molar-refractivity contribution in [2.24, 2.45) is 0 Å². The average molecular weight is 298 g/mol. The first kappa shape index (κ1) is 12.3. The van der Waals surface area contributed by atoms with Gasteiger partial charge in [-0.15, -0.1) is 0 Å². The summed E-state index contributed by atoms with van der Waals surface area (Å²) >= 11 is 3.39. The average Bonchev–Trinajstić information content (AvgIpc) is 2.72. The number of nitrogens with zero attached hydrogens (tertiary/aromatic N) is 4. The molecule has 2 aromatic rings. The Hall–Kier alpha value is -1.14. The van der Waals surface area contributed by atoms with Gasteiger partial charge in [0.2, 0.25) is 0 Å². The monoisotopic (exact) mass is 297 g/mol. The molecular formula is C11H16BrN5. The first-order valence-electron chi connectivity index (χ1n) is 5.47. The molecule has 1 N–H and O–H groups in total. The van der Waals surface area contributed by atoms with E-state index in [0.29, 0.717) is 6.04 Å². The SMILES string of the molecule is CC(CNc1nc(Br)cn2ccnc12)N(C)C. The second kappa shape index (κ2) is 5.01. The maximum Gasteiger partial charge on any atom is 0.180 e. The quantitative estimate of drug-likeness (QED) is 0.936. The minimum atomic E-state index is 0.436. The molecule has 0 bridgehead atoms. The molecule has 17 heavy (non-hydrogen) atoms. The van der Waals surface area contributed by atoms with Crippen molar-refractivity contribution in [3.8, 4) is 0 Å². The molecule has 2 heterocycles. The molecule has 0 saturated heterocycles. The summed E-state index contributed by atoms with van der Waals surface area (Å²) in [6.45, 7) is 2.99. The third kappa shape index (κ3) is 2.76. The van der Waals surface area contributed by atoms with Gasteiger partial charge in [0.15, 0.2) is 11.5 Å². The van der Waals surface area contributed by atoms with E-state index in [1.165, 1.54) is 0 Å². The fraction of sp³-hybridized carbons (Fsp3) is 0.455. The summed E-state index contributed by atoms with van der Waals surface area (Å²) in [5.41, 5.74) is 0.846. The van der Waals surface area contributed by atoms with Gasteiger partial charge in [-0.3, -0.25) is 0 Å². The molecule has 6 heteroatoms. The van der Waals surface area contributed by atoms with E-state index in [2.05, 4.69) is 57.1 Å². The predicted molar refractivity (Wildman–Crippen MR) is 72.3 cm³/mol. The van der Waals surface area contributed by atoms with Crippen molar-refractivity contribution in [1.29, 1.82) is 0 Å². The van der Waals surface area contributed by atoms with E-state index < -0.39 is 0 Å². The number of rotatable bonds is 4. The largest absolute Gasteiger partial charge is 0.365 e. The van der Waals surface area contributed by atoms with Crippen LogP contribution in [-0.2, 0) is 0 Å². The summed E-state index contributed by atoms with van der Waals surface area (Å²) in [6.07, 6.45) is 5.56. The van der Waals surface area contributed by atoms with Gasteiger partial charge in [0.1, 0.15) is 4.60 Å². The minimum absolute atomic E-state index is 0.436. The maximum absolute atomic E-state index is 4.41. The summed E-state index contributed by atoms with van der Waals surface area (Å²) < 4.78 is 2.74. The molecule has 0 saturated carbocycles. The lowest BCUT2D eigenvalue weighted by Crippen LogP contribution is -2.31. The number of anilines is 1. The number of imidazole rings is 1. The lowest BCUT2D eigenvalue weighted by atomic mass is 10.3. The molecule has 0 aliphatic heterocycles. The molecule has 1 atom stereocenters. The fourth-order valence-electron chi connectivity index (χ4n) is 1.45. The van der Waals surface area contributed by atoms with E-state index in [0.717, 1.165) is 22.6 Å². The van der Waals surface area contributed by atoms with Crippen LogP contribution in [0.15, 0.2) is 23.2 Å². The van der Waals surface area contributed by atoms with E-state index in [9.17, 15) is 0 Å². The molecule has 0 radical (unpaired) electrons. The lowest BCUT2D eigenvalue weighted by molar-refractivity contribution is 0.326. The fourth-order valence-corrected chi connectivity index (χ4v) is 1.84. The van der Waals surface area contributed by atoms with E-state index in [1.54, 1.807) is 6.20 Å². The molecule has 0 aliphatic rings. The van der Waals surface area contributed by atoms with Gasteiger partial charge in [-0.2, -0.15) is 0 Å². The molecule has 2 aromatic heterocycles. The highest BCUT2D eigenvalue weighted by Crippen LogP contribution is 2.16. The van der Waals surface area contributed by atoms with E-state index in [4.69, 9.17) is 0 Å². The molecule has 0 amide bonds. The van der Waals surface area contributed by atoms with Crippen LogP contribution < -0.4 is 5.32 Å². The van der Waals surface area contributed by atoms with Crippen LogP contribution in [0.5, 0.6) is 0 Å². The third-order valence-electron chi connectivity index (χ3n) is 2.79. The zero-order valence-electron chi connectivity index (χ0n) is 10.2. The Morgan fingerprint density at radius 2 is 2.29 bits per heavy atom. The summed E-state index contributed by atoms with van der Waals surface area (Å²) in [7, 11) is 4.12. The number of aromatic nitrogens is 3. The number of hydrogen-bond donors (Lipinski definition) is 1. The van der Waals surface area contributed by atoms with Crippen LogP contribution >= 0.6 is 15.9 Å². The van der Waals surface area contributed by atoms with E-state index in [-0.39, 0.29) is 0 Å². The summed E-state index contributed by atoms with van der Waals surface area (Å²) in [5, 5.41) is 3.33. The van der Waals surface area contributed by atoms with Crippen molar-refractivity contribution in [2.45, 2.75) is 13.0 Å². The highest BCUT2D eigenvalue weighted by Gasteiger charge is 2.09. The van der Waals surface area contributed by atoms with Crippen molar-refractivity contribution in [1.82, 2.24) is 19.3 Å². The van der Waals surface area contributed by atoms with Gasteiger partial charge in [-0.05, 0) is 36.9 Å². The summed E-state index contributed by atoms with van der Waals surface area (Å²) in [5.74, 6) is 0.804.